The van der Waals surface area contributed by atoms with Crippen LogP contribution in [0.4, 0.5) is 11.4 Å². The molecule has 0 bridgehead atoms. The van der Waals surface area contributed by atoms with Crippen molar-refractivity contribution in [2.24, 2.45) is 0 Å². The highest BCUT2D eigenvalue weighted by Crippen LogP contribution is 2.34. The summed E-state index contributed by atoms with van der Waals surface area (Å²) in [5.74, 6) is 0.242. The summed E-state index contributed by atoms with van der Waals surface area (Å²) in [6.45, 7) is 0. The number of hydrogen-bond donors (Lipinski definition) is 1. The zero-order valence-corrected chi connectivity index (χ0v) is 8.85. The van der Waals surface area contributed by atoms with E-state index in [4.69, 9.17) is 4.74 Å². The Bertz CT molecular complexity index is 366. The minimum Gasteiger partial charge on any atom is -0.490 e. The van der Waals surface area contributed by atoms with Gasteiger partial charge < -0.3 is 10.2 Å². The Morgan fingerprint density at radius 1 is 1.47 bits per heavy atom. The number of hydrogen-bond acceptors (Lipinski definition) is 5. The average Bonchev–Trinajstić information content (AvgIpc) is 2.15. The lowest BCUT2D eigenvalue weighted by Gasteiger charge is -2.14. The minimum atomic E-state index is -0.468. The third kappa shape index (κ3) is 2.57. The van der Waals surface area contributed by atoms with Crippen LogP contribution in [0.25, 0.3) is 0 Å². The van der Waals surface area contributed by atoms with E-state index in [0.29, 0.717) is 5.69 Å². The lowest BCUT2D eigenvalue weighted by molar-refractivity contribution is -0.384. The Morgan fingerprint density at radius 3 is 2.60 bits per heavy atom. The zero-order valence-electron chi connectivity index (χ0n) is 8.85. The predicted octanol–water partition coefficient (Wildman–Crippen LogP) is 1.49. The predicted molar refractivity (Wildman–Crippen MR) is 57.0 cm³/mol. The van der Waals surface area contributed by atoms with Gasteiger partial charge in [-0.1, -0.05) is 6.07 Å². The number of nitrogens with one attached hydrogen (secondary N) is 1. The summed E-state index contributed by atoms with van der Waals surface area (Å²) in [5.41, 5.74) is 3.19. The van der Waals surface area contributed by atoms with E-state index < -0.39 is 4.92 Å². The van der Waals surface area contributed by atoms with Crippen molar-refractivity contribution in [3.63, 3.8) is 0 Å². The van der Waals surface area contributed by atoms with Crippen molar-refractivity contribution < 1.29 is 9.66 Å². The Hall–Kier alpha value is -1.82. The first-order chi connectivity index (χ1) is 7.06. The molecule has 0 aliphatic carbocycles. The maximum Gasteiger partial charge on any atom is 0.335 e. The molecule has 0 unspecified atom stereocenters. The average molecular weight is 211 g/mol. The van der Waals surface area contributed by atoms with E-state index in [0.717, 1.165) is 0 Å². The van der Waals surface area contributed by atoms with Crippen LogP contribution in [0.15, 0.2) is 18.2 Å². The summed E-state index contributed by atoms with van der Waals surface area (Å²) in [6.07, 6.45) is 0. The number of methoxy groups -OCH3 is 1. The monoisotopic (exact) mass is 211 g/mol. The van der Waals surface area contributed by atoms with E-state index in [-0.39, 0.29) is 11.4 Å². The number of nitrogens with zero attached hydrogens (tertiary/aromatic N) is 2. The van der Waals surface area contributed by atoms with Crippen molar-refractivity contribution in [2.45, 2.75) is 0 Å². The molecule has 0 spiro atoms. The summed E-state index contributed by atoms with van der Waals surface area (Å²) in [5, 5.41) is 12.5. The minimum absolute atomic E-state index is 0.0614. The van der Waals surface area contributed by atoms with E-state index in [9.17, 15) is 10.1 Å². The summed E-state index contributed by atoms with van der Waals surface area (Å²) in [4.78, 5) is 10.4. The first kappa shape index (κ1) is 11.3. The molecule has 0 atom stereocenters. The second-order valence-corrected chi connectivity index (χ2v) is 3.12. The molecule has 6 nitrogen and oxygen atoms in total. The maximum atomic E-state index is 10.9. The standard InChI is InChI=1S/C9H13N3O3/c1-11(2)10-7-5-4-6-8(15-3)9(7)12(13)14/h4-6,10H,1-3H3. The molecule has 0 fully saturated rings. The highest BCUT2D eigenvalue weighted by atomic mass is 16.6. The maximum absolute atomic E-state index is 10.9. The Balaban J connectivity index is 3.19. The SMILES string of the molecule is COc1cccc(NN(C)C)c1[N+](=O)[O-]. The number of nitro benzene ring substituents is 1. The quantitative estimate of drug-likeness (QED) is 0.603. The fourth-order valence-electron chi connectivity index (χ4n) is 1.21. The Labute approximate surface area is 87.6 Å². The number of rotatable bonds is 4. The molecular weight excluding hydrogens is 198 g/mol. The summed E-state index contributed by atoms with van der Waals surface area (Å²) >= 11 is 0. The molecule has 0 radical (unpaired) electrons. The van der Waals surface area contributed by atoms with Crippen LogP contribution in [-0.2, 0) is 0 Å². The molecule has 1 aromatic carbocycles. The van der Waals surface area contributed by atoms with Gasteiger partial charge in [0.15, 0.2) is 5.75 Å². The zero-order chi connectivity index (χ0) is 11.4. The second-order valence-electron chi connectivity index (χ2n) is 3.12. The lowest BCUT2D eigenvalue weighted by atomic mass is 10.2. The molecule has 1 rings (SSSR count). The molecule has 0 aromatic heterocycles. The van der Waals surface area contributed by atoms with Crippen LogP contribution in [0.1, 0.15) is 0 Å². The van der Waals surface area contributed by atoms with Gasteiger partial charge in [-0.15, -0.1) is 0 Å². The van der Waals surface area contributed by atoms with Gasteiger partial charge in [-0.25, -0.2) is 5.01 Å². The highest BCUT2D eigenvalue weighted by Gasteiger charge is 2.20. The first-order valence-electron chi connectivity index (χ1n) is 4.31. The van der Waals surface area contributed by atoms with Gasteiger partial charge >= 0.3 is 5.69 Å². The number of benzene rings is 1. The van der Waals surface area contributed by atoms with Gasteiger partial charge in [-0.05, 0) is 12.1 Å². The Kier molecular flexibility index (Phi) is 3.46. The van der Waals surface area contributed by atoms with Crippen LogP contribution in [-0.4, -0.2) is 31.1 Å². The van der Waals surface area contributed by atoms with Crippen molar-refractivity contribution in [3.05, 3.63) is 28.3 Å². The van der Waals surface area contributed by atoms with Crippen LogP contribution in [0, 0.1) is 10.1 Å². The molecule has 0 aliphatic rings. The van der Waals surface area contributed by atoms with Crippen LogP contribution in [0.5, 0.6) is 5.75 Å². The van der Waals surface area contributed by atoms with Gasteiger partial charge in [0.05, 0.1) is 12.0 Å². The van der Waals surface area contributed by atoms with Crippen molar-refractivity contribution in [3.8, 4) is 5.75 Å². The fourth-order valence-corrected chi connectivity index (χ4v) is 1.21. The molecule has 0 saturated heterocycles. The highest BCUT2D eigenvalue weighted by molar-refractivity contribution is 5.67. The van der Waals surface area contributed by atoms with E-state index >= 15 is 0 Å². The molecule has 1 N–H and O–H groups in total. The fraction of sp³-hybridized carbons (Fsp3) is 0.333. The molecule has 15 heavy (non-hydrogen) atoms. The third-order valence-corrected chi connectivity index (χ3v) is 1.75. The Morgan fingerprint density at radius 2 is 2.13 bits per heavy atom. The molecular formula is C9H13N3O3. The van der Waals surface area contributed by atoms with Gasteiger partial charge in [0, 0.05) is 14.1 Å². The second kappa shape index (κ2) is 4.61. The molecule has 0 saturated carbocycles. The molecule has 0 aliphatic heterocycles. The van der Waals surface area contributed by atoms with Crippen LogP contribution in [0.2, 0.25) is 0 Å². The van der Waals surface area contributed by atoms with Gasteiger partial charge in [0.2, 0.25) is 0 Å². The smallest absolute Gasteiger partial charge is 0.335 e. The topological polar surface area (TPSA) is 67.6 Å². The molecule has 0 heterocycles. The van der Waals surface area contributed by atoms with Gasteiger partial charge in [-0.3, -0.25) is 10.1 Å². The van der Waals surface area contributed by atoms with Gasteiger partial charge in [-0.2, -0.15) is 0 Å². The van der Waals surface area contributed by atoms with E-state index in [2.05, 4.69) is 5.43 Å². The van der Waals surface area contributed by atoms with Crippen LogP contribution in [0.3, 0.4) is 0 Å². The molecule has 6 heteroatoms. The lowest BCUT2D eigenvalue weighted by Crippen LogP contribution is -2.20. The molecule has 1 aromatic rings. The molecule has 0 amide bonds. The first-order valence-corrected chi connectivity index (χ1v) is 4.31. The van der Waals surface area contributed by atoms with Crippen molar-refractivity contribution in [1.82, 2.24) is 5.01 Å². The van der Waals surface area contributed by atoms with Crippen LogP contribution >= 0.6 is 0 Å². The van der Waals surface area contributed by atoms with Gasteiger partial charge in [0.25, 0.3) is 0 Å². The van der Waals surface area contributed by atoms with E-state index in [1.165, 1.54) is 7.11 Å². The number of ether oxygens (including phenoxy) is 1. The number of para-hydroxylation sites is 1. The largest absolute Gasteiger partial charge is 0.490 e. The number of anilines is 1. The summed E-state index contributed by atoms with van der Waals surface area (Å²) in [6, 6.07) is 4.87. The van der Waals surface area contributed by atoms with Crippen molar-refractivity contribution >= 4 is 11.4 Å². The van der Waals surface area contributed by atoms with Crippen molar-refractivity contribution in [1.29, 1.82) is 0 Å². The van der Waals surface area contributed by atoms with Crippen molar-refractivity contribution in [2.75, 3.05) is 26.6 Å². The van der Waals surface area contributed by atoms with E-state index in [1.54, 1.807) is 37.3 Å². The van der Waals surface area contributed by atoms with Crippen LogP contribution < -0.4 is 10.2 Å². The van der Waals surface area contributed by atoms with Gasteiger partial charge in [0.1, 0.15) is 5.69 Å². The van der Waals surface area contributed by atoms with E-state index in [1.807, 2.05) is 0 Å². The third-order valence-electron chi connectivity index (χ3n) is 1.75. The summed E-state index contributed by atoms with van der Waals surface area (Å²) < 4.78 is 4.93. The number of nitro groups is 1. The summed E-state index contributed by atoms with van der Waals surface area (Å²) in [7, 11) is 4.91. The molecule has 82 valence electrons. The normalized spacial score (nSPS) is 10.1. The number of hydrazine groups is 1.